The average Bonchev–Trinajstić information content (AvgIpc) is 2.28. The van der Waals surface area contributed by atoms with Crippen LogP contribution in [0.1, 0.15) is 25.8 Å². The van der Waals surface area contributed by atoms with Crippen LogP contribution in [0, 0.1) is 18.3 Å². The Bertz CT molecular complexity index is 454. The third-order valence-corrected chi connectivity index (χ3v) is 4.04. The van der Waals surface area contributed by atoms with Crippen molar-refractivity contribution in [2.75, 3.05) is 18.0 Å². The van der Waals surface area contributed by atoms with Crippen LogP contribution in [-0.2, 0) is 4.79 Å². The summed E-state index contributed by atoms with van der Waals surface area (Å²) in [4.78, 5) is 13.6. The third kappa shape index (κ3) is 2.50. The van der Waals surface area contributed by atoms with Gasteiger partial charge in [0.2, 0.25) is 0 Å². The Morgan fingerprint density at radius 2 is 2.17 bits per heavy atom. The van der Waals surface area contributed by atoms with E-state index in [9.17, 15) is 9.90 Å². The largest absolute Gasteiger partial charge is 0.481 e. The van der Waals surface area contributed by atoms with Crippen molar-refractivity contribution in [1.29, 1.82) is 0 Å². The summed E-state index contributed by atoms with van der Waals surface area (Å²) >= 11 is 0. The maximum absolute atomic E-state index is 11.4. The van der Waals surface area contributed by atoms with Crippen LogP contribution in [0.5, 0.6) is 0 Å². The molecule has 1 fully saturated rings. The van der Waals surface area contributed by atoms with Crippen molar-refractivity contribution < 1.29 is 9.90 Å². The number of hydrogen-bond donors (Lipinski definition) is 1. The van der Waals surface area contributed by atoms with E-state index in [-0.39, 0.29) is 11.3 Å². The van der Waals surface area contributed by atoms with Gasteiger partial charge >= 0.3 is 5.97 Å². The van der Waals surface area contributed by atoms with E-state index < -0.39 is 5.97 Å². The Labute approximate surface area is 108 Å². The van der Waals surface area contributed by atoms with Gasteiger partial charge in [0.25, 0.3) is 0 Å². The normalized spacial score (nSPS) is 22.8. The van der Waals surface area contributed by atoms with Gasteiger partial charge in [0.15, 0.2) is 0 Å². The van der Waals surface area contributed by atoms with E-state index in [1.807, 2.05) is 6.07 Å². The molecule has 1 aliphatic rings. The molecule has 1 saturated heterocycles. The van der Waals surface area contributed by atoms with Gasteiger partial charge in [0.1, 0.15) is 0 Å². The highest BCUT2D eigenvalue weighted by atomic mass is 16.4. The number of carbonyl (C=O) groups is 1. The first-order valence-corrected chi connectivity index (χ1v) is 6.44. The molecule has 1 unspecified atom stereocenters. The van der Waals surface area contributed by atoms with Crippen molar-refractivity contribution in [2.45, 2.75) is 27.2 Å². The van der Waals surface area contributed by atoms with Crippen LogP contribution in [-0.4, -0.2) is 24.2 Å². The van der Waals surface area contributed by atoms with Gasteiger partial charge in [0.05, 0.1) is 5.92 Å². The molecule has 0 spiro atoms. The molecule has 18 heavy (non-hydrogen) atoms. The lowest BCUT2D eigenvalue weighted by Crippen LogP contribution is -2.48. The van der Waals surface area contributed by atoms with Gasteiger partial charge in [-0.05, 0) is 36.5 Å². The molecule has 1 aromatic rings. The van der Waals surface area contributed by atoms with Crippen molar-refractivity contribution in [3.8, 4) is 0 Å². The van der Waals surface area contributed by atoms with Gasteiger partial charge in [-0.25, -0.2) is 0 Å². The van der Waals surface area contributed by atoms with Gasteiger partial charge < -0.3 is 10.0 Å². The molecule has 98 valence electrons. The second-order valence-electron chi connectivity index (χ2n) is 5.91. The summed E-state index contributed by atoms with van der Waals surface area (Å²) in [6.45, 7) is 7.71. The van der Waals surface area contributed by atoms with E-state index in [0.29, 0.717) is 6.54 Å². The van der Waals surface area contributed by atoms with Gasteiger partial charge in [-0.3, -0.25) is 4.79 Å². The number of anilines is 1. The van der Waals surface area contributed by atoms with Crippen molar-refractivity contribution >= 4 is 11.7 Å². The zero-order valence-electron chi connectivity index (χ0n) is 11.3. The minimum absolute atomic E-state index is 0.119. The molecule has 2 rings (SSSR count). The number of carboxylic acids is 1. The first-order valence-electron chi connectivity index (χ1n) is 6.44. The van der Waals surface area contributed by atoms with E-state index in [0.717, 1.165) is 18.7 Å². The molecule has 0 aromatic heterocycles. The molecule has 0 radical (unpaired) electrons. The van der Waals surface area contributed by atoms with Crippen LogP contribution in [0.25, 0.3) is 0 Å². The van der Waals surface area contributed by atoms with Crippen LogP contribution >= 0.6 is 0 Å². The molecule has 3 heteroatoms. The summed E-state index contributed by atoms with van der Waals surface area (Å²) in [7, 11) is 0. The van der Waals surface area contributed by atoms with Crippen LogP contribution in [0.15, 0.2) is 24.3 Å². The maximum atomic E-state index is 11.4. The van der Waals surface area contributed by atoms with E-state index >= 15 is 0 Å². The molecule has 0 saturated carbocycles. The maximum Gasteiger partial charge on any atom is 0.308 e. The van der Waals surface area contributed by atoms with Gasteiger partial charge in [-0.2, -0.15) is 0 Å². The smallest absolute Gasteiger partial charge is 0.308 e. The minimum Gasteiger partial charge on any atom is -0.481 e. The SMILES string of the molecule is Cc1cccc(N2CCC(C)(C)C(C(=O)O)C2)c1. The molecule has 1 heterocycles. The summed E-state index contributed by atoms with van der Waals surface area (Å²) in [6.07, 6.45) is 0.915. The Hall–Kier alpha value is -1.51. The molecule has 1 aromatic carbocycles. The van der Waals surface area contributed by atoms with Gasteiger partial charge in [-0.1, -0.05) is 26.0 Å². The molecule has 1 N–H and O–H groups in total. The van der Waals surface area contributed by atoms with E-state index in [4.69, 9.17) is 0 Å². The first kappa shape index (κ1) is 12.9. The summed E-state index contributed by atoms with van der Waals surface area (Å²) in [5.74, 6) is -0.982. The predicted molar refractivity (Wildman–Crippen MR) is 72.9 cm³/mol. The zero-order chi connectivity index (χ0) is 13.3. The number of nitrogens with zero attached hydrogens (tertiary/aromatic N) is 1. The number of aliphatic carboxylic acids is 1. The predicted octanol–water partition coefficient (Wildman–Crippen LogP) is 2.93. The number of rotatable bonds is 2. The second kappa shape index (κ2) is 4.63. The highest BCUT2D eigenvalue weighted by molar-refractivity contribution is 5.72. The number of carboxylic acid groups (broad SMARTS) is 1. The number of piperidine rings is 1. The molecule has 1 atom stereocenters. The molecule has 1 aliphatic heterocycles. The molecular formula is C15H21NO2. The lowest BCUT2D eigenvalue weighted by atomic mass is 9.73. The monoisotopic (exact) mass is 247 g/mol. The van der Waals surface area contributed by atoms with Crippen LogP contribution in [0.4, 0.5) is 5.69 Å². The fourth-order valence-electron chi connectivity index (χ4n) is 2.63. The zero-order valence-corrected chi connectivity index (χ0v) is 11.3. The molecule has 3 nitrogen and oxygen atoms in total. The van der Waals surface area contributed by atoms with Crippen molar-refractivity contribution in [3.63, 3.8) is 0 Å². The Kier molecular flexibility index (Phi) is 3.33. The fraction of sp³-hybridized carbons (Fsp3) is 0.533. The Balaban J connectivity index is 2.21. The highest BCUT2D eigenvalue weighted by Gasteiger charge is 2.40. The standard InChI is InChI=1S/C15H21NO2/c1-11-5-4-6-12(9-11)16-8-7-15(2,3)13(10-16)14(17)18/h4-6,9,13H,7-8,10H2,1-3H3,(H,17,18). The number of hydrogen-bond acceptors (Lipinski definition) is 2. The van der Waals surface area contributed by atoms with E-state index in [2.05, 4.69) is 43.9 Å². The van der Waals surface area contributed by atoms with E-state index in [1.165, 1.54) is 5.56 Å². The van der Waals surface area contributed by atoms with Gasteiger partial charge in [0, 0.05) is 18.8 Å². The van der Waals surface area contributed by atoms with Crippen LogP contribution < -0.4 is 4.90 Å². The number of benzene rings is 1. The lowest BCUT2D eigenvalue weighted by molar-refractivity contribution is -0.146. The summed E-state index contributed by atoms with van der Waals surface area (Å²) in [5.41, 5.74) is 2.23. The van der Waals surface area contributed by atoms with Crippen LogP contribution in [0.2, 0.25) is 0 Å². The second-order valence-corrected chi connectivity index (χ2v) is 5.91. The van der Waals surface area contributed by atoms with Crippen molar-refractivity contribution in [3.05, 3.63) is 29.8 Å². The first-order chi connectivity index (χ1) is 8.40. The summed E-state index contributed by atoms with van der Waals surface area (Å²) < 4.78 is 0. The molecule has 0 aliphatic carbocycles. The Morgan fingerprint density at radius 1 is 1.44 bits per heavy atom. The fourth-order valence-corrected chi connectivity index (χ4v) is 2.63. The molecular weight excluding hydrogens is 226 g/mol. The quantitative estimate of drug-likeness (QED) is 0.873. The Morgan fingerprint density at radius 3 is 2.78 bits per heavy atom. The summed E-state index contributed by atoms with van der Waals surface area (Å²) in [5, 5.41) is 9.37. The topological polar surface area (TPSA) is 40.5 Å². The molecule has 0 bridgehead atoms. The third-order valence-electron chi connectivity index (χ3n) is 4.04. The van der Waals surface area contributed by atoms with Gasteiger partial charge in [-0.15, -0.1) is 0 Å². The molecule has 0 amide bonds. The van der Waals surface area contributed by atoms with Crippen molar-refractivity contribution in [2.24, 2.45) is 11.3 Å². The minimum atomic E-state index is -0.683. The average molecular weight is 247 g/mol. The van der Waals surface area contributed by atoms with Crippen LogP contribution in [0.3, 0.4) is 0 Å². The lowest BCUT2D eigenvalue weighted by Gasteiger charge is -2.42. The number of aryl methyl sites for hydroxylation is 1. The highest BCUT2D eigenvalue weighted by Crippen LogP contribution is 2.37. The van der Waals surface area contributed by atoms with Crippen molar-refractivity contribution in [1.82, 2.24) is 0 Å². The summed E-state index contributed by atoms with van der Waals surface area (Å²) in [6, 6.07) is 8.27. The van der Waals surface area contributed by atoms with E-state index in [1.54, 1.807) is 0 Å².